The van der Waals surface area contributed by atoms with Gasteiger partial charge >= 0.3 is 6.18 Å². The number of hydrogen-bond acceptors (Lipinski definition) is 3. The Morgan fingerprint density at radius 3 is 2.42 bits per heavy atom. The van der Waals surface area contributed by atoms with Crippen LogP contribution in [0.1, 0.15) is 18.1 Å². The number of aryl methyl sites for hydroxylation is 1. The fraction of sp³-hybridized carbons (Fsp3) is 0.222. The van der Waals surface area contributed by atoms with Crippen LogP contribution in [0.15, 0.2) is 42.5 Å². The maximum Gasteiger partial charge on any atom is 0.418 e. The number of alkyl halides is 3. The van der Waals surface area contributed by atoms with Gasteiger partial charge in [-0.25, -0.2) is 0 Å². The monoisotopic (exact) mass is 366 g/mol. The number of carbonyl (C=O) groups is 2. The Balaban J connectivity index is 2.11. The molecular formula is C18H17F3N2O3. The summed E-state index contributed by atoms with van der Waals surface area (Å²) in [5.41, 5.74) is -0.563. The Hall–Kier alpha value is -3.03. The molecule has 0 aliphatic rings. The smallest absolute Gasteiger partial charge is 0.418 e. The second kappa shape index (κ2) is 7.90. The van der Waals surface area contributed by atoms with Gasteiger partial charge in [0.25, 0.3) is 5.91 Å². The van der Waals surface area contributed by atoms with Crippen LogP contribution in [0.4, 0.5) is 24.5 Å². The maximum absolute atomic E-state index is 13.2. The summed E-state index contributed by atoms with van der Waals surface area (Å²) in [7, 11) is 0. The molecule has 0 heterocycles. The van der Waals surface area contributed by atoms with Crippen LogP contribution in [0, 0.1) is 6.92 Å². The summed E-state index contributed by atoms with van der Waals surface area (Å²) in [6, 6.07) is 10.1. The molecule has 0 aliphatic heterocycles. The number of benzene rings is 2. The molecule has 0 spiro atoms. The molecule has 0 bridgehead atoms. The molecule has 0 fully saturated rings. The van der Waals surface area contributed by atoms with Gasteiger partial charge in [0.1, 0.15) is 5.75 Å². The van der Waals surface area contributed by atoms with E-state index in [1.165, 1.54) is 13.0 Å². The molecule has 8 heteroatoms. The molecule has 2 rings (SSSR count). The second-order valence-corrected chi connectivity index (χ2v) is 5.59. The summed E-state index contributed by atoms with van der Waals surface area (Å²) in [6.45, 7) is 2.60. The fourth-order valence-corrected chi connectivity index (χ4v) is 2.21. The standard InChI is InChI=1S/C18H17F3N2O3/c1-11-4-3-5-14(8-11)26-10-17(25)23-16-7-6-13(22-12(2)24)9-15(16)18(19,20)21/h3-9H,10H2,1-2H3,(H,22,24)(H,23,25). The maximum atomic E-state index is 13.2. The van der Waals surface area contributed by atoms with Gasteiger partial charge in [-0.1, -0.05) is 12.1 Å². The highest BCUT2D eigenvalue weighted by molar-refractivity contribution is 5.94. The van der Waals surface area contributed by atoms with Gasteiger partial charge < -0.3 is 15.4 Å². The average Bonchev–Trinajstić information content (AvgIpc) is 2.53. The molecule has 0 aromatic heterocycles. The number of amides is 2. The molecule has 0 unspecified atom stereocenters. The first-order valence-electron chi connectivity index (χ1n) is 7.63. The molecule has 0 radical (unpaired) electrons. The molecule has 0 aliphatic carbocycles. The number of anilines is 2. The van der Waals surface area contributed by atoms with Gasteiger partial charge in [-0.15, -0.1) is 0 Å². The highest BCUT2D eigenvalue weighted by Crippen LogP contribution is 2.36. The lowest BCUT2D eigenvalue weighted by atomic mass is 10.1. The Morgan fingerprint density at radius 2 is 1.81 bits per heavy atom. The summed E-state index contributed by atoms with van der Waals surface area (Å²) in [5.74, 6) is -0.789. The average molecular weight is 366 g/mol. The first-order valence-corrected chi connectivity index (χ1v) is 7.63. The largest absolute Gasteiger partial charge is 0.484 e. The number of carbonyl (C=O) groups excluding carboxylic acids is 2. The lowest BCUT2D eigenvalue weighted by Crippen LogP contribution is -2.22. The summed E-state index contributed by atoms with van der Waals surface area (Å²) < 4.78 is 44.9. The quantitative estimate of drug-likeness (QED) is 0.841. The van der Waals surface area contributed by atoms with Gasteiger partial charge in [-0.3, -0.25) is 9.59 Å². The van der Waals surface area contributed by atoms with Crippen molar-refractivity contribution in [2.24, 2.45) is 0 Å². The van der Waals surface area contributed by atoms with E-state index in [4.69, 9.17) is 4.74 Å². The van der Waals surface area contributed by atoms with Gasteiger partial charge in [0.05, 0.1) is 11.3 Å². The SMILES string of the molecule is CC(=O)Nc1ccc(NC(=O)COc2cccc(C)c2)c(C(F)(F)F)c1. The Morgan fingerprint density at radius 1 is 1.08 bits per heavy atom. The molecular weight excluding hydrogens is 349 g/mol. The first kappa shape index (κ1) is 19.3. The van der Waals surface area contributed by atoms with Crippen LogP contribution in [-0.4, -0.2) is 18.4 Å². The Bertz CT molecular complexity index is 820. The minimum atomic E-state index is -4.70. The van der Waals surface area contributed by atoms with E-state index in [-0.39, 0.29) is 5.69 Å². The molecule has 5 nitrogen and oxygen atoms in total. The van der Waals surface area contributed by atoms with Crippen molar-refractivity contribution >= 4 is 23.2 Å². The topological polar surface area (TPSA) is 67.4 Å². The highest BCUT2D eigenvalue weighted by Gasteiger charge is 2.34. The third-order valence-corrected chi connectivity index (χ3v) is 3.28. The zero-order valence-corrected chi connectivity index (χ0v) is 14.1. The number of ether oxygens (including phenoxy) is 1. The van der Waals surface area contributed by atoms with Crippen LogP contribution in [0.25, 0.3) is 0 Å². The van der Waals surface area contributed by atoms with Crippen LogP contribution in [0.3, 0.4) is 0 Å². The lowest BCUT2D eigenvalue weighted by molar-refractivity contribution is -0.137. The summed E-state index contributed by atoms with van der Waals surface area (Å²) in [6.07, 6.45) is -4.70. The minimum absolute atomic E-state index is 0.0150. The zero-order valence-electron chi connectivity index (χ0n) is 14.1. The summed E-state index contributed by atoms with van der Waals surface area (Å²) in [5, 5.41) is 4.46. The van der Waals surface area contributed by atoms with Crippen molar-refractivity contribution < 1.29 is 27.5 Å². The molecule has 2 aromatic rings. The predicted molar refractivity (Wildman–Crippen MR) is 91.1 cm³/mol. The van der Waals surface area contributed by atoms with Crippen LogP contribution >= 0.6 is 0 Å². The summed E-state index contributed by atoms with van der Waals surface area (Å²) in [4.78, 5) is 22.9. The number of hydrogen-bond donors (Lipinski definition) is 2. The van der Waals surface area contributed by atoms with Crippen molar-refractivity contribution in [1.82, 2.24) is 0 Å². The Kier molecular flexibility index (Phi) is 5.86. The first-order chi connectivity index (χ1) is 12.1. The third kappa shape index (κ3) is 5.51. The Labute approximate surface area is 148 Å². The van der Waals surface area contributed by atoms with E-state index in [1.807, 2.05) is 13.0 Å². The minimum Gasteiger partial charge on any atom is -0.484 e. The van der Waals surface area contributed by atoms with E-state index in [9.17, 15) is 22.8 Å². The molecule has 138 valence electrons. The fourth-order valence-electron chi connectivity index (χ4n) is 2.21. The molecule has 0 saturated carbocycles. The van der Waals surface area contributed by atoms with E-state index < -0.39 is 35.8 Å². The van der Waals surface area contributed by atoms with Gasteiger partial charge in [0, 0.05) is 12.6 Å². The van der Waals surface area contributed by atoms with E-state index in [0.717, 1.165) is 17.7 Å². The van der Waals surface area contributed by atoms with Crippen molar-refractivity contribution in [1.29, 1.82) is 0 Å². The molecule has 0 saturated heterocycles. The van der Waals surface area contributed by atoms with Crippen molar-refractivity contribution in [3.8, 4) is 5.75 Å². The van der Waals surface area contributed by atoms with Gasteiger partial charge in [-0.05, 0) is 42.8 Å². The third-order valence-electron chi connectivity index (χ3n) is 3.28. The molecule has 2 aromatic carbocycles. The van der Waals surface area contributed by atoms with Crippen molar-refractivity contribution in [2.45, 2.75) is 20.0 Å². The van der Waals surface area contributed by atoms with Crippen LogP contribution < -0.4 is 15.4 Å². The van der Waals surface area contributed by atoms with Crippen molar-refractivity contribution in [2.75, 3.05) is 17.2 Å². The normalized spacial score (nSPS) is 11.0. The highest BCUT2D eigenvalue weighted by atomic mass is 19.4. The van der Waals surface area contributed by atoms with Crippen LogP contribution in [0.2, 0.25) is 0 Å². The molecule has 26 heavy (non-hydrogen) atoms. The van der Waals surface area contributed by atoms with E-state index in [1.54, 1.807) is 18.2 Å². The molecule has 0 atom stereocenters. The zero-order chi connectivity index (χ0) is 19.3. The van der Waals surface area contributed by atoms with Crippen LogP contribution in [0.5, 0.6) is 5.75 Å². The van der Waals surface area contributed by atoms with Crippen LogP contribution in [-0.2, 0) is 15.8 Å². The van der Waals surface area contributed by atoms with Gasteiger partial charge in [-0.2, -0.15) is 13.2 Å². The van der Waals surface area contributed by atoms with Gasteiger partial charge in [0.2, 0.25) is 5.91 Å². The molecule has 2 amide bonds. The van der Waals surface area contributed by atoms with Crippen molar-refractivity contribution in [3.05, 3.63) is 53.6 Å². The summed E-state index contributed by atoms with van der Waals surface area (Å²) >= 11 is 0. The number of halogens is 3. The number of nitrogens with one attached hydrogen (secondary N) is 2. The molecule has 2 N–H and O–H groups in total. The van der Waals surface area contributed by atoms with Gasteiger partial charge in [0.15, 0.2) is 6.61 Å². The van der Waals surface area contributed by atoms with Crippen molar-refractivity contribution in [3.63, 3.8) is 0 Å². The predicted octanol–water partition coefficient (Wildman–Crippen LogP) is 3.99. The van der Waals surface area contributed by atoms with E-state index in [0.29, 0.717) is 5.75 Å². The van der Waals surface area contributed by atoms with E-state index >= 15 is 0 Å². The van der Waals surface area contributed by atoms with E-state index in [2.05, 4.69) is 10.6 Å². The number of rotatable bonds is 5. The second-order valence-electron chi connectivity index (χ2n) is 5.59. The lowest BCUT2D eigenvalue weighted by Gasteiger charge is -2.16.